The molecule has 3 aromatic carbocycles. The van der Waals surface area contributed by atoms with E-state index in [1.807, 2.05) is 32.0 Å². The van der Waals surface area contributed by atoms with Gasteiger partial charge in [0, 0.05) is 11.3 Å². The smallest absolute Gasteiger partial charge is 0.255 e. The van der Waals surface area contributed by atoms with Gasteiger partial charge in [0.2, 0.25) is 0 Å². The number of nitrogens with zero attached hydrogens (tertiary/aromatic N) is 5. The van der Waals surface area contributed by atoms with E-state index in [4.69, 9.17) is 9.15 Å². The highest BCUT2D eigenvalue weighted by atomic mass is 16.5. The third-order valence-corrected chi connectivity index (χ3v) is 6.70. The Hall–Kier alpha value is -5.45. The van der Waals surface area contributed by atoms with Gasteiger partial charge in [0.25, 0.3) is 11.8 Å². The number of phenolic OH excluding ortho intramolecular Hbond substituents is 1. The zero-order chi connectivity index (χ0) is 28.9. The Labute approximate surface area is 236 Å². The summed E-state index contributed by atoms with van der Waals surface area (Å²) in [5.74, 6) is -0.297. The van der Waals surface area contributed by atoms with Gasteiger partial charge in [-0.1, -0.05) is 24.3 Å². The van der Waals surface area contributed by atoms with Gasteiger partial charge in [0.1, 0.15) is 18.1 Å². The molecule has 5 aromatic rings. The summed E-state index contributed by atoms with van der Waals surface area (Å²) in [5, 5.41) is 24.5. The minimum Gasteiger partial charge on any atom is -0.504 e. The number of furan rings is 1. The standard InChI is InChI=1S/C30H28N6O5/c1-19-6-4-7-20(2)27(19)32-29(38)28(22-11-14-25(37)26(16-22)40-3)35(17-24-8-5-15-41-24)30(39)21-9-12-23(13-10-21)36-18-31-33-34-36/h4-16,18,28,37H,17H2,1-3H3,(H,32,38). The molecule has 2 amide bonds. The first kappa shape index (κ1) is 27.1. The molecule has 2 heterocycles. The highest BCUT2D eigenvalue weighted by Gasteiger charge is 2.34. The number of hydrogen-bond donors (Lipinski definition) is 2. The van der Waals surface area contributed by atoms with Gasteiger partial charge in [-0.15, -0.1) is 5.10 Å². The van der Waals surface area contributed by atoms with Gasteiger partial charge < -0.3 is 24.5 Å². The van der Waals surface area contributed by atoms with Crippen LogP contribution >= 0.6 is 0 Å². The zero-order valence-corrected chi connectivity index (χ0v) is 22.7. The molecule has 0 saturated carbocycles. The third kappa shape index (κ3) is 5.78. The van der Waals surface area contributed by atoms with Gasteiger partial charge in [-0.05, 0) is 89.5 Å². The summed E-state index contributed by atoms with van der Waals surface area (Å²) >= 11 is 0. The number of carbonyl (C=O) groups excluding carboxylic acids is 2. The lowest BCUT2D eigenvalue weighted by Gasteiger charge is -2.31. The molecular formula is C30H28N6O5. The number of carbonyl (C=O) groups is 2. The molecule has 0 radical (unpaired) electrons. The average Bonchev–Trinajstić information content (AvgIpc) is 3.70. The van der Waals surface area contributed by atoms with Crippen molar-refractivity contribution in [2.45, 2.75) is 26.4 Å². The average molecular weight is 553 g/mol. The van der Waals surface area contributed by atoms with Crippen LogP contribution in [-0.4, -0.2) is 49.1 Å². The number of rotatable bonds is 9. The van der Waals surface area contributed by atoms with E-state index in [2.05, 4.69) is 20.8 Å². The summed E-state index contributed by atoms with van der Waals surface area (Å²) in [7, 11) is 1.42. The molecule has 0 saturated heterocycles. The van der Waals surface area contributed by atoms with E-state index in [9.17, 15) is 14.7 Å². The maximum atomic E-state index is 14.2. The number of methoxy groups -OCH3 is 1. The number of amides is 2. The van der Waals surface area contributed by atoms with Crippen LogP contribution in [-0.2, 0) is 11.3 Å². The molecule has 0 bridgehead atoms. The molecule has 11 heteroatoms. The van der Waals surface area contributed by atoms with Crippen LogP contribution < -0.4 is 10.1 Å². The Kier molecular flexibility index (Phi) is 7.77. The van der Waals surface area contributed by atoms with E-state index < -0.39 is 17.9 Å². The Morgan fingerprint density at radius 3 is 2.44 bits per heavy atom. The number of aryl methyl sites for hydroxylation is 2. The number of para-hydroxylation sites is 1. The minimum absolute atomic E-state index is 0.00534. The quantitative estimate of drug-likeness (QED) is 0.271. The molecule has 5 rings (SSSR count). The summed E-state index contributed by atoms with van der Waals surface area (Å²) in [5.41, 5.74) is 3.85. The predicted octanol–water partition coefficient (Wildman–Crippen LogP) is 4.61. The maximum absolute atomic E-state index is 14.2. The Morgan fingerprint density at radius 2 is 1.80 bits per heavy atom. The van der Waals surface area contributed by atoms with Crippen molar-refractivity contribution in [2.75, 3.05) is 12.4 Å². The number of ether oxygens (including phenoxy) is 1. The summed E-state index contributed by atoms with van der Waals surface area (Å²) in [4.78, 5) is 29.8. The molecule has 11 nitrogen and oxygen atoms in total. The van der Waals surface area contributed by atoms with Crippen LogP contribution in [0.1, 0.15) is 38.9 Å². The second-order valence-electron chi connectivity index (χ2n) is 9.40. The Morgan fingerprint density at radius 1 is 1.05 bits per heavy atom. The highest BCUT2D eigenvalue weighted by molar-refractivity contribution is 6.02. The van der Waals surface area contributed by atoms with Crippen molar-refractivity contribution in [3.63, 3.8) is 0 Å². The zero-order valence-electron chi connectivity index (χ0n) is 22.7. The number of aromatic hydroxyl groups is 1. The molecule has 0 aliphatic carbocycles. The molecule has 2 N–H and O–H groups in total. The molecule has 1 atom stereocenters. The lowest BCUT2D eigenvalue weighted by Crippen LogP contribution is -2.41. The number of nitrogens with one attached hydrogen (secondary N) is 1. The molecule has 1 unspecified atom stereocenters. The molecule has 0 spiro atoms. The lowest BCUT2D eigenvalue weighted by atomic mass is 10.0. The van der Waals surface area contributed by atoms with E-state index in [1.165, 1.54) is 35.3 Å². The molecule has 208 valence electrons. The van der Waals surface area contributed by atoms with Gasteiger partial charge in [-0.25, -0.2) is 4.68 Å². The predicted molar refractivity (Wildman–Crippen MR) is 150 cm³/mol. The van der Waals surface area contributed by atoms with Crippen molar-refractivity contribution < 1.29 is 23.8 Å². The van der Waals surface area contributed by atoms with Gasteiger partial charge in [0.15, 0.2) is 11.5 Å². The van der Waals surface area contributed by atoms with E-state index >= 15 is 0 Å². The first-order valence-electron chi connectivity index (χ1n) is 12.8. The lowest BCUT2D eigenvalue weighted by molar-refractivity contribution is -0.121. The molecule has 0 aliphatic rings. The number of tetrazole rings is 1. The van der Waals surface area contributed by atoms with Crippen molar-refractivity contribution in [3.8, 4) is 17.2 Å². The second-order valence-corrected chi connectivity index (χ2v) is 9.40. The molecule has 0 fully saturated rings. The SMILES string of the molecule is COc1cc(C(C(=O)Nc2c(C)cccc2C)N(Cc2ccco2)C(=O)c2ccc(-n3cnnn3)cc2)ccc1O. The fourth-order valence-electron chi connectivity index (χ4n) is 4.59. The summed E-state index contributed by atoms with van der Waals surface area (Å²) in [6.07, 6.45) is 2.96. The fourth-order valence-corrected chi connectivity index (χ4v) is 4.59. The van der Waals surface area contributed by atoms with Crippen LogP contribution in [0.3, 0.4) is 0 Å². The van der Waals surface area contributed by atoms with E-state index in [-0.39, 0.29) is 18.0 Å². The molecule has 2 aromatic heterocycles. The van der Waals surface area contributed by atoms with Gasteiger partial charge >= 0.3 is 0 Å². The number of anilines is 1. The summed E-state index contributed by atoms with van der Waals surface area (Å²) in [6.45, 7) is 3.80. The number of phenols is 1. The molecule has 0 aliphatic heterocycles. The minimum atomic E-state index is -1.12. The third-order valence-electron chi connectivity index (χ3n) is 6.70. The summed E-state index contributed by atoms with van der Waals surface area (Å²) in [6, 6.07) is 19.3. The summed E-state index contributed by atoms with van der Waals surface area (Å²) < 4.78 is 12.4. The first-order chi connectivity index (χ1) is 19.9. The normalized spacial score (nSPS) is 11.6. The van der Waals surface area contributed by atoms with Crippen molar-refractivity contribution in [2.24, 2.45) is 0 Å². The number of hydrogen-bond acceptors (Lipinski definition) is 8. The highest BCUT2D eigenvalue weighted by Crippen LogP contribution is 2.34. The van der Waals surface area contributed by atoms with E-state index in [0.717, 1.165) is 11.1 Å². The van der Waals surface area contributed by atoms with Gasteiger partial charge in [-0.2, -0.15) is 0 Å². The first-order valence-corrected chi connectivity index (χ1v) is 12.8. The van der Waals surface area contributed by atoms with E-state index in [1.54, 1.807) is 48.5 Å². The van der Waals surface area contributed by atoms with Crippen LogP contribution in [0.15, 0.2) is 89.8 Å². The van der Waals surface area contributed by atoms with Gasteiger partial charge in [-0.3, -0.25) is 9.59 Å². The van der Waals surface area contributed by atoms with Crippen molar-refractivity contribution >= 4 is 17.5 Å². The van der Waals surface area contributed by atoms with Crippen molar-refractivity contribution in [3.05, 3.63) is 113 Å². The molecular weight excluding hydrogens is 524 g/mol. The van der Waals surface area contributed by atoms with Gasteiger partial charge in [0.05, 0.1) is 25.6 Å². The van der Waals surface area contributed by atoms with Crippen LogP contribution in [0.5, 0.6) is 11.5 Å². The van der Waals surface area contributed by atoms with Crippen LogP contribution in [0.4, 0.5) is 5.69 Å². The number of benzene rings is 3. The molecule has 41 heavy (non-hydrogen) atoms. The number of aromatic nitrogens is 4. The Balaban J connectivity index is 1.59. The van der Waals surface area contributed by atoms with Crippen LogP contribution in [0.2, 0.25) is 0 Å². The van der Waals surface area contributed by atoms with Crippen molar-refractivity contribution in [1.82, 2.24) is 25.1 Å². The Bertz CT molecular complexity index is 1630. The largest absolute Gasteiger partial charge is 0.504 e. The topological polar surface area (TPSA) is 136 Å². The fraction of sp³-hybridized carbons (Fsp3) is 0.167. The maximum Gasteiger partial charge on any atom is 0.255 e. The van der Waals surface area contributed by atoms with E-state index in [0.29, 0.717) is 28.3 Å². The van der Waals surface area contributed by atoms with Crippen LogP contribution in [0, 0.1) is 13.8 Å². The van der Waals surface area contributed by atoms with Crippen LogP contribution in [0.25, 0.3) is 5.69 Å². The monoisotopic (exact) mass is 552 g/mol. The second kappa shape index (κ2) is 11.7. The van der Waals surface area contributed by atoms with Crippen molar-refractivity contribution in [1.29, 1.82) is 0 Å².